The van der Waals surface area contributed by atoms with Gasteiger partial charge in [0, 0.05) is 6.54 Å². The smallest absolute Gasteiger partial charge is 0.419 e. The van der Waals surface area contributed by atoms with Gasteiger partial charge in [-0.15, -0.1) is 0 Å². The highest BCUT2D eigenvalue weighted by molar-refractivity contribution is 5.32. The average molecular weight is 279 g/mol. The molecule has 0 saturated carbocycles. The lowest BCUT2D eigenvalue weighted by atomic mass is 10.0. The highest BCUT2D eigenvalue weighted by atomic mass is 19.4. The van der Waals surface area contributed by atoms with Crippen LogP contribution in [0.25, 0.3) is 0 Å². The largest absolute Gasteiger partial charge is 0.486 e. The van der Waals surface area contributed by atoms with Crippen molar-refractivity contribution in [1.29, 1.82) is 0 Å². The summed E-state index contributed by atoms with van der Waals surface area (Å²) in [6.45, 7) is 4.12. The summed E-state index contributed by atoms with van der Waals surface area (Å²) in [7, 11) is 1.73. The van der Waals surface area contributed by atoms with Gasteiger partial charge in [0.1, 0.15) is 17.2 Å². The molecule has 1 aromatic carbocycles. The minimum atomic E-state index is -4.73. The summed E-state index contributed by atoms with van der Waals surface area (Å²) < 4.78 is 56.4. The van der Waals surface area contributed by atoms with E-state index in [9.17, 15) is 17.6 Å². The molecule has 0 aliphatic carbocycles. The quantitative estimate of drug-likeness (QED) is 0.831. The minimum Gasteiger partial charge on any atom is -0.486 e. The Balaban J connectivity index is 3.03. The molecule has 1 atom stereocenters. The van der Waals surface area contributed by atoms with Crippen LogP contribution >= 0.6 is 0 Å². The van der Waals surface area contributed by atoms with E-state index in [-0.39, 0.29) is 5.75 Å². The number of nitrogens with one attached hydrogen (secondary N) is 1. The maximum absolute atomic E-state index is 13.1. The standard InChI is InChI=1S/C13H17F4NO/c1-4-12(2,8-18-3)19-9-5-6-11(14)10(7-9)13(15,16)17/h5-7,18H,4,8H2,1-3H3. The molecule has 1 rings (SSSR count). The van der Waals surface area contributed by atoms with E-state index in [2.05, 4.69) is 5.32 Å². The molecule has 0 aliphatic heterocycles. The molecular formula is C13H17F4NO. The van der Waals surface area contributed by atoms with Crippen LogP contribution in [0.4, 0.5) is 17.6 Å². The molecule has 108 valence electrons. The van der Waals surface area contributed by atoms with Crippen molar-refractivity contribution in [1.82, 2.24) is 5.32 Å². The van der Waals surface area contributed by atoms with E-state index in [1.807, 2.05) is 6.92 Å². The van der Waals surface area contributed by atoms with Gasteiger partial charge >= 0.3 is 6.18 Å². The molecule has 0 amide bonds. The Hall–Kier alpha value is -1.30. The van der Waals surface area contributed by atoms with Gasteiger partial charge in [-0.1, -0.05) is 6.92 Å². The molecule has 0 saturated heterocycles. The lowest BCUT2D eigenvalue weighted by Crippen LogP contribution is -2.41. The van der Waals surface area contributed by atoms with E-state index < -0.39 is 23.2 Å². The summed E-state index contributed by atoms with van der Waals surface area (Å²) in [5, 5.41) is 2.91. The molecule has 0 bridgehead atoms. The zero-order chi connectivity index (χ0) is 14.7. The number of ether oxygens (including phenoxy) is 1. The third-order valence-electron chi connectivity index (χ3n) is 2.91. The van der Waals surface area contributed by atoms with Gasteiger partial charge in [-0.25, -0.2) is 4.39 Å². The van der Waals surface area contributed by atoms with Crippen LogP contribution in [-0.4, -0.2) is 19.2 Å². The monoisotopic (exact) mass is 279 g/mol. The van der Waals surface area contributed by atoms with Crippen LogP contribution in [0.1, 0.15) is 25.8 Å². The molecule has 1 N–H and O–H groups in total. The molecule has 6 heteroatoms. The Labute approximate surface area is 109 Å². The SMILES string of the molecule is CCC(C)(CNC)Oc1ccc(F)c(C(F)(F)F)c1. The number of alkyl halides is 3. The third kappa shape index (κ3) is 4.09. The first-order valence-corrected chi connectivity index (χ1v) is 5.92. The topological polar surface area (TPSA) is 21.3 Å². The maximum atomic E-state index is 13.1. The summed E-state index contributed by atoms with van der Waals surface area (Å²) in [5.41, 5.74) is -1.96. The maximum Gasteiger partial charge on any atom is 0.419 e. The second-order valence-corrected chi connectivity index (χ2v) is 4.58. The fourth-order valence-corrected chi connectivity index (χ4v) is 1.68. The van der Waals surface area contributed by atoms with Crippen molar-refractivity contribution in [2.24, 2.45) is 0 Å². The van der Waals surface area contributed by atoms with Gasteiger partial charge in [0.15, 0.2) is 0 Å². The van der Waals surface area contributed by atoms with Crippen LogP contribution in [0, 0.1) is 5.82 Å². The van der Waals surface area contributed by atoms with E-state index in [4.69, 9.17) is 4.74 Å². The molecule has 1 unspecified atom stereocenters. The fraction of sp³-hybridized carbons (Fsp3) is 0.538. The third-order valence-corrected chi connectivity index (χ3v) is 2.91. The van der Waals surface area contributed by atoms with Gasteiger partial charge in [-0.2, -0.15) is 13.2 Å². The number of benzene rings is 1. The van der Waals surface area contributed by atoms with Crippen LogP contribution in [0.2, 0.25) is 0 Å². The highest BCUT2D eigenvalue weighted by Gasteiger charge is 2.35. The lowest BCUT2D eigenvalue weighted by Gasteiger charge is -2.29. The number of likely N-dealkylation sites (N-methyl/N-ethyl adjacent to an activating group) is 1. The summed E-state index contributed by atoms with van der Waals surface area (Å²) in [6.07, 6.45) is -4.12. The Morgan fingerprint density at radius 2 is 1.89 bits per heavy atom. The summed E-state index contributed by atoms with van der Waals surface area (Å²) >= 11 is 0. The van der Waals surface area contributed by atoms with Gasteiger partial charge in [0.25, 0.3) is 0 Å². The minimum absolute atomic E-state index is 0.00771. The van der Waals surface area contributed by atoms with Crippen molar-refractivity contribution in [3.63, 3.8) is 0 Å². The molecule has 0 aromatic heterocycles. The molecule has 0 spiro atoms. The second kappa shape index (κ2) is 5.77. The molecule has 2 nitrogen and oxygen atoms in total. The predicted octanol–water partition coefficient (Wildman–Crippen LogP) is 3.61. The first-order valence-electron chi connectivity index (χ1n) is 5.92. The highest BCUT2D eigenvalue weighted by Crippen LogP contribution is 2.34. The molecular weight excluding hydrogens is 262 g/mol. The van der Waals surface area contributed by atoms with Crippen LogP contribution < -0.4 is 10.1 Å². The molecule has 19 heavy (non-hydrogen) atoms. The number of hydrogen-bond donors (Lipinski definition) is 1. The van der Waals surface area contributed by atoms with Crippen molar-refractivity contribution in [3.05, 3.63) is 29.6 Å². The Morgan fingerprint density at radius 3 is 2.37 bits per heavy atom. The van der Waals surface area contributed by atoms with E-state index in [0.717, 1.165) is 6.07 Å². The van der Waals surface area contributed by atoms with Crippen LogP contribution in [0.5, 0.6) is 5.75 Å². The van der Waals surface area contributed by atoms with Crippen molar-refractivity contribution < 1.29 is 22.3 Å². The van der Waals surface area contributed by atoms with E-state index in [1.54, 1.807) is 14.0 Å². The predicted molar refractivity (Wildman–Crippen MR) is 64.7 cm³/mol. The van der Waals surface area contributed by atoms with Crippen molar-refractivity contribution in [3.8, 4) is 5.75 Å². The van der Waals surface area contributed by atoms with Crippen molar-refractivity contribution >= 4 is 0 Å². The van der Waals surface area contributed by atoms with Gasteiger partial charge < -0.3 is 10.1 Å². The number of hydrogen-bond acceptors (Lipinski definition) is 2. The molecule has 0 radical (unpaired) electrons. The summed E-state index contributed by atoms with van der Waals surface area (Å²) in [4.78, 5) is 0. The first kappa shape index (κ1) is 15.8. The second-order valence-electron chi connectivity index (χ2n) is 4.58. The van der Waals surface area contributed by atoms with Crippen LogP contribution in [-0.2, 0) is 6.18 Å². The van der Waals surface area contributed by atoms with Crippen LogP contribution in [0.15, 0.2) is 18.2 Å². The molecule has 0 heterocycles. The molecule has 1 aromatic rings. The summed E-state index contributed by atoms with van der Waals surface area (Å²) in [5.74, 6) is -1.29. The normalized spacial score (nSPS) is 15.1. The van der Waals surface area contributed by atoms with Crippen molar-refractivity contribution in [2.75, 3.05) is 13.6 Å². The zero-order valence-electron chi connectivity index (χ0n) is 11.1. The number of halogens is 4. The molecule has 0 aliphatic rings. The molecule has 0 fully saturated rings. The average Bonchev–Trinajstić information content (AvgIpc) is 2.30. The van der Waals surface area contributed by atoms with Crippen LogP contribution in [0.3, 0.4) is 0 Å². The van der Waals surface area contributed by atoms with Gasteiger partial charge in [-0.05, 0) is 38.6 Å². The first-order chi connectivity index (χ1) is 8.72. The van der Waals surface area contributed by atoms with E-state index >= 15 is 0 Å². The van der Waals surface area contributed by atoms with E-state index in [1.165, 1.54) is 6.07 Å². The Bertz CT molecular complexity index is 433. The number of rotatable bonds is 5. The Kier molecular flexibility index (Phi) is 4.79. The van der Waals surface area contributed by atoms with Gasteiger partial charge in [-0.3, -0.25) is 0 Å². The summed E-state index contributed by atoms with van der Waals surface area (Å²) in [6, 6.07) is 2.67. The van der Waals surface area contributed by atoms with Gasteiger partial charge in [0.05, 0.1) is 5.56 Å². The van der Waals surface area contributed by atoms with Crippen molar-refractivity contribution in [2.45, 2.75) is 32.0 Å². The van der Waals surface area contributed by atoms with E-state index in [0.29, 0.717) is 19.0 Å². The lowest BCUT2D eigenvalue weighted by molar-refractivity contribution is -0.140. The zero-order valence-corrected chi connectivity index (χ0v) is 11.1. The Morgan fingerprint density at radius 1 is 1.26 bits per heavy atom. The van der Waals surface area contributed by atoms with Gasteiger partial charge in [0.2, 0.25) is 0 Å². The fourth-order valence-electron chi connectivity index (χ4n) is 1.68.